The highest BCUT2D eigenvalue weighted by Gasteiger charge is 2.20. The van der Waals surface area contributed by atoms with E-state index >= 15 is 0 Å². The first-order chi connectivity index (χ1) is 11.8. The van der Waals surface area contributed by atoms with Crippen molar-refractivity contribution in [2.75, 3.05) is 11.9 Å². The lowest BCUT2D eigenvalue weighted by Crippen LogP contribution is -2.30. The predicted octanol–water partition coefficient (Wildman–Crippen LogP) is 3.20. The number of benzene rings is 1. The maximum absolute atomic E-state index is 12.1. The monoisotopic (exact) mass is 346 g/mol. The molecule has 0 fully saturated rings. The Hall–Kier alpha value is -2.83. The van der Waals surface area contributed by atoms with E-state index in [1.807, 2.05) is 0 Å². The summed E-state index contributed by atoms with van der Waals surface area (Å²) in [6.45, 7) is 7.90. The van der Waals surface area contributed by atoms with Crippen molar-refractivity contribution in [2.45, 2.75) is 33.8 Å². The molecule has 1 aromatic heterocycles. The highest BCUT2D eigenvalue weighted by atomic mass is 16.5. The van der Waals surface area contributed by atoms with E-state index in [2.05, 4.69) is 24.3 Å². The van der Waals surface area contributed by atoms with Gasteiger partial charge in [0.2, 0.25) is 0 Å². The molecule has 2 rings (SSSR count). The van der Waals surface area contributed by atoms with Crippen molar-refractivity contribution >= 4 is 17.7 Å². The summed E-state index contributed by atoms with van der Waals surface area (Å²) in [5, 5.41) is 6.17. The topological polar surface area (TPSA) is 90.7 Å². The van der Waals surface area contributed by atoms with Crippen LogP contribution in [0.25, 0.3) is 0 Å². The fraction of sp³-hybridized carbons (Fsp3) is 0.389. The van der Waals surface area contributed by atoms with Gasteiger partial charge in [-0.3, -0.25) is 4.79 Å². The van der Waals surface area contributed by atoms with E-state index in [0.29, 0.717) is 29.6 Å². The number of esters is 1. The molecule has 0 saturated heterocycles. The summed E-state index contributed by atoms with van der Waals surface area (Å²) in [7, 11) is 0. The zero-order chi connectivity index (χ0) is 18.4. The first-order valence-electron chi connectivity index (χ1n) is 8.03. The van der Waals surface area contributed by atoms with Gasteiger partial charge in [-0.15, -0.1) is 0 Å². The van der Waals surface area contributed by atoms with Gasteiger partial charge in [0.15, 0.2) is 11.9 Å². The number of ether oxygens (including phenoxy) is 2. The molecule has 0 unspecified atom stereocenters. The maximum atomic E-state index is 12.1. The Balaban J connectivity index is 1.88. The summed E-state index contributed by atoms with van der Waals surface area (Å²) in [5.74, 6) is 0.861. The van der Waals surface area contributed by atoms with Gasteiger partial charge in [-0.05, 0) is 44.0 Å². The number of rotatable bonds is 7. The molecule has 0 aliphatic carbocycles. The van der Waals surface area contributed by atoms with Gasteiger partial charge in [-0.1, -0.05) is 19.0 Å². The van der Waals surface area contributed by atoms with Crippen LogP contribution in [-0.2, 0) is 9.53 Å². The minimum absolute atomic E-state index is 0.275. The van der Waals surface area contributed by atoms with E-state index in [1.165, 1.54) is 6.92 Å². The molecule has 1 N–H and O–H groups in total. The smallest absolute Gasteiger partial charge is 0.338 e. The molecule has 1 amide bonds. The van der Waals surface area contributed by atoms with Crippen molar-refractivity contribution in [3.05, 3.63) is 41.7 Å². The Bertz CT molecular complexity index is 721. The Morgan fingerprint density at radius 2 is 1.88 bits per heavy atom. The van der Waals surface area contributed by atoms with Crippen LogP contribution < -0.4 is 10.1 Å². The molecular formula is C18H22N2O5. The van der Waals surface area contributed by atoms with Crippen molar-refractivity contribution in [1.82, 2.24) is 5.16 Å². The lowest BCUT2D eigenvalue weighted by atomic mass is 10.2. The van der Waals surface area contributed by atoms with Crippen LogP contribution in [0.2, 0.25) is 0 Å². The molecule has 1 aromatic carbocycles. The number of carbonyl (C=O) groups is 2. The summed E-state index contributed by atoms with van der Waals surface area (Å²) >= 11 is 0. The molecular weight excluding hydrogens is 324 g/mol. The van der Waals surface area contributed by atoms with Crippen LogP contribution in [0.5, 0.6) is 5.75 Å². The van der Waals surface area contributed by atoms with E-state index in [-0.39, 0.29) is 5.82 Å². The first kappa shape index (κ1) is 18.5. The minimum atomic E-state index is -0.971. The third kappa shape index (κ3) is 5.63. The van der Waals surface area contributed by atoms with Crippen LogP contribution >= 0.6 is 0 Å². The molecule has 7 heteroatoms. The highest BCUT2D eigenvalue weighted by Crippen LogP contribution is 2.15. The summed E-state index contributed by atoms with van der Waals surface area (Å²) < 4.78 is 15.6. The molecule has 134 valence electrons. The average Bonchev–Trinajstić information content (AvgIpc) is 2.98. The number of aryl methyl sites for hydroxylation is 1. The highest BCUT2D eigenvalue weighted by molar-refractivity contribution is 5.96. The van der Waals surface area contributed by atoms with Gasteiger partial charge in [0.25, 0.3) is 5.91 Å². The van der Waals surface area contributed by atoms with Gasteiger partial charge in [0.05, 0.1) is 12.2 Å². The van der Waals surface area contributed by atoms with Crippen molar-refractivity contribution in [2.24, 2.45) is 5.92 Å². The number of anilines is 1. The number of nitrogens with zero attached hydrogens (tertiary/aromatic N) is 1. The predicted molar refractivity (Wildman–Crippen MR) is 91.5 cm³/mol. The van der Waals surface area contributed by atoms with Gasteiger partial charge in [-0.2, -0.15) is 0 Å². The van der Waals surface area contributed by atoms with Crippen LogP contribution in [0, 0.1) is 12.8 Å². The summed E-state index contributed by atoms with van der Waals surface area (Å²) in [5.41, 5.74) is 0.342. The van der Waals surface area contributed by atoms with Gasteiger partial charge in [0.1, 0.15) is 11.5 Å². The number of nitrogens with one attached hydrogen (secondary N) is 1. The zero-order valence-corrected chi connectivity index (χ0v) is 14.7. The third-order valence-electron chi connectivity index (χ3n) is 3.21. The Labute approximate surface area is 146 Å². The quantitative estimate of drug-likeness (QED) is 0.774. The van der Waals surface area contributed by atoms with E-state index in [9.17, 15) is 9.59 Å². The lowest BCUT2D eigenvalue weighted by Gasteiger charge is -2.13. The van der Waals surface area contributed by atoms with E-state index in [1.54, 1.807) is 37.3 Å². The molecule has 0 aliphatic rings. The normalized spacial score (nSPS) is 11.9. The Kier molecular flexibility index (Phi) is 6.16. The minimum Gasteiger partial charge on any atom is -0.493 e. The van der Waals surface area contributed by atoms with Gasteiger partial charge >= 0.3 is 5.97 Å². The summed E-state index contributed by atoms with van der Waals surface area (Å²) in [4.78, 5) is 24.1. The number of hydrogen-bond acceptors (Lipinski definition) is 6. The molecule has 7 nitrogen and oxygen atoms in total. The molecule has 0 aliphatic heterocycles. The van der Waals surface area contributed by atoms with E-state index < -0.39 is 18.0 Å². The molecule has 2 aromatic rings. The Morgan fingerprint density at radius 3 is 2.44 bits per heavy atom. The lowest BCUT2D eigenvalue weighted by molar-refractivity contribution is -0.123. The first-order valence-corrected chi connectivity index (χ1v) is 8.03. The number of amides is 1. The molecule has 25 heavy (non-hydrogen) atoms. The van der Waals surface area contributed by atoms with Crippen LogP contribution in [-0.4, -0.2) is 29.7 Å². The van der Waals surface area contributed by atoms with Crippen molar-refractivity contribution < 1.29 is 23.6 Å². The molecule has 0 bridgehead atoms. The summed E-state index contributed by atoms with van der Waals surface area (Å²) in [6.07, 6.45) is -0.971. The van der Waals surface area contributed by atoms with Crippen LogP contribution in [0.15, 0.2) is 34.9 Å². The second kappa shape index (κ2) is 8.32. The maximum Gasteiger partial charge on any atom is 0.338 e. The fourth-order valence-corrected chi connectivity index (χ4v) is 1.89. The number of carbonyl (C=O) groups excluding carboxylic acids is 2. The SMILES string of the molecule is Cc1cc(NC(=O)[C@@H](C)OC(=O)c2ccc(OCC(C)C)cc2)no1. The second-order valence-corrected chi connectivity index (χ2v) is 6.09. The van der Waals surface area contributed by atoms with Crippen LogP contribution in [0.4, 0.5) is 5.82 Å². The van der Waals surface area contributed by atoms with Gasteiger partial charge < -0.3 is 19.3 Å². The zero-order valence-electron chi connectivity index (χ0n) is 14.7. The molecule has 0 radical (unpaired) electrons. The molecule has 1 heterocycles. The van der Waals surface area contributed by atoms with Crippen LogP contribution in [0.1, 0.15) is 36.9 Å². The van der Waals surface area contributed by atoms with E-state index in [4.69, 9.17) is 14.0 Å². The second-order valence-electron chi connectivity index (χ2n) is 6.09. The average molecular weight is 346 g/mol. The van der Waals surface area contributed by atoms with Crippen LogP contribution in [0.3, 0.4) is 0 Å². The third-order valence-corrected chi connectivity index (χ3v) is 3.21. The van der Waals surface area contributed by atoms with Gasteiger partial charge in [-0.25, -0.2) is 4.79 Å². The molecule has 1 atom stereocenters. The number of aromatic nitrogens is 1. The molecule has 0 saturated carbocycles. The van der Waals surface area contributed by atoms with Crippen molar-refractivity contribution in [3.8, 4) is 5.75 Å². The van der Waals surface area contributed by atoms with Crippen molar-refractivity contribution in [1.29, 1.82) is 0 Å². The standard InChI is InChI=1S/C18H22N2O5/c1-11(2)10-23-15-7-5-14(6-8-15)18(22)24-13(4)17(21)19-16-9-12(3)25-20-16/h5-9,11,13H,10H2,1-4H3,(H,19,20,21)/t13-/m1/s1. The van der Waals surface area contributed by atoms with E-state index in [0.717, 1.165) is 0 Å². The molecule has 0 spiro atoms. The largest absolute Gasteiger partial charge is 0.493 e. The van der Waals surface area contributed by atoms with Gasteiger partial charge in [0, 0.05) is 6.07 Å². The van der Waals surface area contributed by atoms with Crippen molar-refractivity contribution in [3.63, 3.8) is 0 Å². The summed E-state index contributed by atoms with van der Waals surface area (Å²) in [6, 6.07) is 8.17. The number of hydrogen-bond donors (Lipinski definition) is 1. The Morgan fingerprint density at radius 1 is 1.20 bits per heavy atom. The fourth-order valence-electron chi connectivity index (χ4n) is 1.89.